The summed E-state index contributed by atoms with van der Waals surface area (Å²) in [5.41, 5.74) is 0.662. The van der Waals surface area contributed by atoms with E-state index in [0.717, 1.165) is 37.7 Å². The quantitative estimate of drug-likeness (QED) is 0.614. The van der Waals surface area contributed by atoms with E-state index in [9.17, 15) is 13.2 Å². The maximum Gasteiger partial charge on any atom is 0.257 e. The van der Waals surface area contributed by atoms with Crippen molar-refractivity contribution < 1.29 is 22.7 Å². The molecular formula is C26H34N2O5S. The molecule has 0 aliphatic carbocycles. The number of methoxy groups -OCH3 is 1. The van der Waals surface area contributed by atoms with Crippen LogP contribution in [0.15, 0.2) is 47.4 Å². The Morgan fingerprint density at radius 2 is 1.82 bits per heavy atom. The van der Waals surface area contributed by atoms with Crippen molar-refractivity contribution in [3.8, 4) is 11.5 Å². The van der Waals surface area contributed by atoms with Gasteiger partial charge in [-0.05, 0) is 56.4 Å². The number of rotatable bonds is 7. The predicted octanol–water partition coefficient (Wildman–Crippen LogP) is 4.68. The van der Waals surface area contributed by atoms with Crippen LogP contribution in [-0.2, 0) is 10.0 Å². The van der Waals surface area contributed by atoms with E-state index in [1.807, 2.05) is 24.3 Å². The molecule has 0 spiro atoms. The van der Waals surface area contributed by atoms with Gasteiger partial charge in [0.25, 0.3) is 5.91 Å². The van der Waals surface area contributed by atoms with E-state index >= 15 is 0 Å². The summed E-state index contributed by atoms with van der Waals surface area (Å²) in [5, 5.41) is 0. The summed E-state index contributed by atoms with van der Waals surface area (Å²) in [7, 11) is -2.42. The zero-order chi connectivity index (χ0) is 24.3. The highest BCUT2D eigenvalue weighted by molar-refractivity contribution is 7.89. The summed E-state index contributed by atoms with van der Waals surface area (Å²) in [4.78, 5) is 15.0. The van der Waals surface area contributed by atoms with Crippen LogP contribution in [0.2, 0.25) is 0 Å². The van der Waals surface area contributed by atoms with E-state index < -0.39 is 21.7 Å². The van der Waals surface area contributed by atoms with Crippen molar-refractivity contribution in [1.82, 2.24) is 9.62 Å². The Bertz CT molecular complexity index is 1140. The molecule has 34 heavy (non-hydrogen) atoms. The number of hydrogen-bond acceptors (Lipinski definition) is 5. The first-order chi connectivity index (χ1) is 16.3. The Morgan fingerprint density at radius 3 is 2.50 bits per heavy atom. The smallest absolute Gasteiger partial charge is 0.257 e. The molecule has 0 bridgehead atoms. The van der Waals surface area contributed by atoms with Crippen LogP contribution < -0.4 is 14.2 Å². The fraction of sp³-hybridized carbons (Fsp3) is 0.500. The number of fused-ring (bicyclic) bond motifs is 1. The van der Waals surface area contributed by atoms with Gasteiger partial charge in [-0.25, -0.2) is 13.1 Å². The van der Waals surface area contributed by atoms with Gasteiger partial charge in [0.2, 0.25) is 10.0 Å². The Morgan fingerprint density at radius 1 is 1.12 bits per heavy atom. The SMILES string of the molecule is CCC1(CC)C[C@H](NS(=O)(=O)c2ccc(OC)c(C(=O)N3CCCCC3)c2)c2ccccc2O1. The lowest BCUT2D eigenvalue weighted by Crippen LogP contribution is -2.44. The third kappa shape index (κ3) is 4.79. The summed E-state index contributed by atoms with van der Waals surface area (Å²) in [6.07, 6.45) is 5.08. The molecule has 1 amide bonds. The van der Waals surface area contributed by atoms with Crippen molar-refractivity contribution in [2.75, 3.05) is 20.2 Å². The third-order valence-corrected chi connectivity index (χ3v) is 8.61. The predicted molar refractivity (Wildman–Crippen MR) is 131 cm³/mol. The molecule has 2 aliphatic rings. The van der Waals surface area contributed by atoms with E-state index in [0.29, 0.717) is 31.0 Å². The largest absolute Gasteiger partial charge is 0.496 e. The first kappa shape index (κ1) is 24.5. The number of hydrogen-bond donors (Lipinski definition) is 1. The fourth-order valence-corrected chi connectivity index (χ4v) is 6.19. The monoisotopic (exact) mass is 486 g/mol. The fourth-order valence-electron chi connectivity index (χ4n) is 4.95. The standard InChI is InChI=1S/C26H34N2O5S/c1-4-26(5-2)18-22(20-11-7-8-12-24(20)33-26)27-34(30,31)19-13-14-23(32-3)21(17-19)25(29)28-15-9-6-10-16-28/h7-8,11-14,17,22,27H,4-6,9-10,15-16,18H2,1-3H3/t22-/m0/s1. The van der Waals surface area contributed by atoms with E-state index in [4.69, 9.17) is 9.47 Å². The van der Waals surface area contributed by atoms with Crippen LogP contribution in [0.25, 0.3) is 0 Å². The van der Waals surface area contributed by atoms with Crippen LogP contribution in [0.4, 0.5) is 0 Å². The zero-order valence-corrected chi connectivity index (χ0v) is 21.0. The second kappa shape index (κ2) is 9.96. The van der Waals surface area contributed by atoms with E-state index in [1.54, 1.807) is 11.0 Å². The number of para-hydroxylation sites is 1. The first-order valence-electron chi connectivity index (χ1n) is 12.1. The molecule has 0 aromatic heterocycles. The van der Waals surface area contributed by atoms with Gasteiger partial charge in [-0.3, -0.25) is 4.79 Å². The number of benzene rings is 2. The second-order valence-electron chi connectivity index (χ2n) is 9.12. The van der Waals surface area contributed by atoms with Crippen LogP contribution in [0.5, 0.6) is 11.5 Å². The van der Waals surface area contributed by atoms with Crippen LogP contribution in [0.1, 0.15) is 74.3 Å². The molecule has 4 rings (SSSR count). The molecule has 2 aromatic carbocycles. The van der Waals surface area contributed by atoms with Crippen molar-refractivity contribution >= 4 is 15.9 Å². The van der Waals surface area contributed by atoms with Crippen LogP contribution >= 0.6 is 0 Å². The number of carbonyl (C=O) groups is 1. The molecule has 1 saturated heterocycles. The minimum Gasteiger partial charge on any atom is -0.496 e. The summed E-state index contributed by atoms with van der Waals surface area (Å²) >= 11 is 0. The topological polar surface area (TPSA) is 84.9 Å². The van der Waals surface area contributed by atoms with Crippen LogP contribution in [0.3, 0.4) is 0 Å². The van der Waals surface area contributed by atoms with Gasteiger partial charge < -0.3 is 14.4 Å². The van der Waals surface area contributed by atoms with E-state index in [-0.39, 0.29) is 16.4 Å². The normalized spacial score (nSPS) is 19.7. The summed E-state index contributed by atoms with van der Waals surface area (Å²) < 4.78 is 41.7. The van der Waals surface area contributed by atoms with Gasteiger partial charge in [0.1, 0.15) is 17.1 Å². The molecule has 1 N–H and O–H groups in total. The van der Waals surface area contributed by atoms with Gasteiger partial charge in [-0.15, -0.1) is 0 Å². The lowest BCUT2D eigenvalue weighted by atomic mass is 9.84. The average molecular weight is 487 g/mol. The number of piperidine rings is 1. The molecule has 1 atom stereocenters. The van der Waals surface area contributed by atoms with Crippen molar-refractivity contribution in [1.29, 1.82) is 0 Å². The lowest BCUT2D eigenvalue weighted by molar-refractivity contribution is 0.0260. The third-order valence-electron chi connectivity index (χ3n) is 7.14. The minimum atomic E-state index is -3.91. The van der Waals surface area contributed by atoms with E-state index in [2.05, 4.69) is 18.6 Å². The molecule has 2 aliphatic heterocycles. The van der Waals surface area contributed by atoms with Gasteiger partial charge in [0.15, 0.2) is 0 Å². The molecule has 8 heteroatoms. The molecule has 0 saturated carbocycles. The Balaban J connectivity index is 1.66. The Hall–Kier alpha value is -2.58. The molecular weight excluding hydrogens is 452 g/mol. The van der Waals surface area contributed by atoms with Crippen molar-refractivity contribution in [2.45, 2.75) is 68.9 Å². The van der Waals surface area contributed by atoms with Crippen molar-refractivity contribution in [3.05, 3.63) is 53.6 Å². The molecule has 2 aromatic rings. The highest BCUT2D eigenvalue weighted by Gasteiger charge is 2.40. The molecule has 1 fully saturated rings. The maximum atomic E-state index is 13.5. The number of nitrogens with zero attached hydrogens (tertiary/aromatic N) is 1. The Kier molecular flexibility index (Phi) is 7.19. The van der Waals surface area contributed by atoms with E-state index in [1.165, 1.54) is 19.2 Å². The van der Waals surface area contributed by atoms with Gasteiger partial charge in [0.05, 0.1) is 23.6 Å². The molecule has 2 heterocycles. The zero-order valence-electron chi connectivity index (χ0n) is 20.2. The number of carbonyl (C=O) groups excluding carboxylic acids is 1. The van der Waals surface area contributed by atoms with Crippen LogP contribution in [-0.4, -0.2) is 45.0 Å². The minimum absolute atomic E-state index is 0.0521. The summed E-state index contributed by atoms with van der Waals surface area (Å²) in [6.45, 7) is 5.47. The van der Waals surface area contributed by atoms with Gasteiger partial charge in [-0.1, -0.05) is 32.0 Å². The number of nitrogens with one attached hydrogen (secondary N) is 1. The van der Waals surface area contributed by atoms with Gasteiger partial charge in [-0.2, -0.15) is 0 Å². The van der Waals surface area contributed by atoms with Crippen molar-refractivity contribution in [2.24, 2.45) is 0 Å². The number of sulfonamides is 1. The van der Waals surface area contributed by atoms with Crippen molar-refractivity contribution in [3.63, 3.8) is 0 Å². The average Bonchev–Trinajstić information content (AvgIpc) is 2.88. The second-order valence-corrected chi connectivity index (χ2v) is 10.8. The Labute approximate surface area is 202 Å². The highest BCUT2D eigenvalue weighted by atomic mass is 32.2. The van der Waals surface area contributed by atoms with Crippen LogP contribution in [0, 0.1) is 0 Å². The van der Waals surface area contributed by atoms with Gasteiger partial charge >= 0.3 is 0 Å². The maximum absolute atomic E-state index is 13.5. The summed E-state index contributed by atoms with van der Waals surface area (Å²) in [5.74, 6) is 0.892. The molecule has 184 valence electrons. The molecule has 0 unspecified atom stereocenters. The molecule has 7 nitrogen and oxygen atoms in total. The number of likely N-dealkylation sites (tertiary alicyclic amines) is 1. The molecule has 0 radical (unpaired) electrons. The first-order valence-corrected chi connectivity index (χ1v) is 13.6. The number of amides is 1. The summed E-state index contributed by atoms with van der Waals surface area (Å²) in [6, 6.07) is 11.6. The van der Waals surface area contributed by atoms with Gasteiger partial charge in [0, 0.05) is 25.1 Å². The number of ether oxygens (including phenoxy) is 2. The lowest BCUT2D eigenvalue weighted by Gasteiger charge is -2.41. The highest BCUT2D eigenvalue weighted by Crippen LogP contribution is 2.43.